The third-order valence-electron chi connectivity index (χ3n) is 3.06. The van der Waals surface area contributed by atoms with Gasteiger partial charge in [-0.25, -0.2) is 4.39 Å². The molecule has 1 unspecified atom stereocenters. The van der Waals surface area contributed by atoms with Gasteiger partial charge in [-0.3, -0.25) is 0 Å². The van der Waals surface area contributed by atoms with Gasteiger partial charge in [0.2, 0.25) is 0 Å². The zero-order valence-corrected chi connectivity index (χ0v) is 12.0. The van der Waals surface area contributed by atoms with Crippen molar-refractivity contribution in [3.63, 3.8) is 0 Å². The summed E-state index contributed by atoms with van der Waals surface area (Å²) in [6, 6.07) is 5.49. The number of hydrogen-bond donors (Lipinski definition) is 1. The topological polar surface area (TPSA) is 21.3 Å². The van der Waals surface area contributed by atoms with Gasteiger partial charge in [-0.05, 0) is 51.8 Å². The SMILES string of the molecule is CCOC(C)(C)CNC(C)c1ccc(C)c(F)c1. The van der Waals surface area contributed by atoms with Crippen molar-refractivity contribution < 1.29 is 9.13 Å². The second kappa shape index (κ2) is 6.30. The van der Waals surface area contributed by atoms with Crippen molar-refractivity contribution in [2.45, 2.75) is 46.3 Å². The largest absolute Gasteiger partial charge is 0.375 e. The molecule has 0 aliphatic heterocycles. The Balaban J connectivity index is 2.60. The normalized spacial score (nSPS) is 13.7. The Bertz CT molecular complexity index is 390. The van der Waals surface area contributed by atoms with Crippen LogP contribution < -0.4 is 5.32 Å². The van der Waals surface area contributed by atoms with Crippen LogP contribution in [0, 0.1) is 12.7 Å². The van der Waals surface area contributed by atoms with Crippen LogP contribution in [-0.2, 0) is 4.74 Å². The van der Waals surface area contributed by atoms with E-state index in [9.17, 15) is 4.39 Å². The fourth-order valence-electron chi connectivity index (χ4n) is 1.84. The highest BCUT2D eigenvalue weighted by Gasteiger charge is 2.18. The number of halogens is 1. The van der Waals surface area contributed by atoms with Crippen LogP contribution in [0.1, 0.15) is 44.9 Å². The number of benzene rings is 1. The van der Waals surface area contributed by atoms with Crippen molar-refractivity contribution >= 4 is 0 Å². The molecule has 1 atom stereocenters. The Morgan fingerprint density at radius 2 is 2.06 bits per heavy atom. The molecule has 1 rings (SSSR count). The molecule has 2 nitrogen and oxygen atoms in total. The average Bonchev–Trinajstić information content (AvgIpc) is 2.30. The summed E-state index contributed by atoms with van der Waals surface area (Å²) in [4.78, 5) is 0. The van der Waals surface area contributed by atoms with Crippen LogP contribution in [0.2, 0.25) is 0 Å². The van der Waals surface area contributed by atoms with Crippen LogP contribution in [0.5, 0.6) is 0 Å². The van der Waals surface area contributed by atoms with Gasteiger partial charge in [0.05, 0.1) is 5.60 Å². The van der Waals surface area contributed by atoms with Crippen LogP contribution in [0.3, 0.4) is 0 Å². The van der Waals surface area contributed by atoms with Crippen LogP contribution >= 0.6 is 0 Å². The summed E-state index contributed by atoms with van der Waals surface area (Å²) < 4.78 is 19.1. The summed E-state index contributed by atoms with van der Waals surface area (Å²) in [7, 11) is 0. The summed E-state index contributed by atoms with van der Waals surface area (Å²) in [5, 5.41) is 3.38. The number of ether oxygens (including phenoxy) is 1. The first-order chi connectivity index (χ1) is 8.35. The first-order valence-corrected chi connectivity index (χ1v) is 6.49. The quantitative estimate of drug-likeness (QED) is 0.836. The van der Waals surface area contributed by atoms with Crippen molar-refractivity contribution in [2.75, 3.05) is 13.2 Å². The molecule has 0 heterocycles. The fourth-order valence-corrected chi connectivity index (χ4v) is 1.84. The predicted molar refractivity (Wildman–Crippen MR) is 73.3 cm³/mol. The molecular formula is C15H24FNO. The van der Waals surface area contributed by atoms with Crippen LogP contribution in [0.15, 0.2) is 18.2 Å². The molecule has 0 fully saturated rings. The molecule has 0 spiro atoms. The summed E-state index contributed by atoms with van der Waals surface area (Å²) in [5.41, 5.74) is 1.44. The molecule has 0 saturated carbocycles. The highest BCUT2D eigenvalue weighted by atomic mass is 19.1. The molecule has 1 aromatic carbocycles. The average molecular weight is 253 g/mol. The molecule has 0 bridgehead atoms. The van der Waals surface area contributed by atoms with Gasteiger partial charge in [0.1, 0.15) is 5.82 Å². The lowest BCUT2D eigenvalue weighted by molar-refractivity contribution is -0.0103. The second-order valence-corrected chi connectivity index (χ2v) is 5.30. The lowest BCUT2D eigenvalue weighted by atomic mass is 10.0. The maximum atomic E-state index is 13.5. The van der Waals surface area contributed by atoms with Gasteiger partial charge < -0.3 is 10.1 Å². The second-order valence-electron chi connectivity index (χ2n) is 5.30. The molecule has 1 N–H and O–H groups in total. The third-order valence-corrected chi connectivity index (χ3v) is 3.06. The first-order valence-electron chi connectivity index (χ1n) is 6.49. The van der Waals surface area contributed by atoms with E-state index >= 15 is 0 Å². The number of nitrogens with one attached hydrogen (secondary N) is 1. The van der Waals surface area contributed by atoms with E-state index in [1.54, 1.807) is 13.0 Å². The van der Waals surface area contributed by atoms with E-state index in [1.807, 2.05) is 39.8 Å². The number of rotatable bonds is 6. The lowest BCUT2D eigenvalue weighted by Gasteiger charge is -2.27. The standard InChI is InChI=1S/C15H24FNO/c1-6-18-15(4,5)10-17-12(3)13-8-7-11(2)14(16)9-13/h7-9,12,17H,6,10H2,1-5H3. The van der Waals surface area contributed by atoms with Gasteiger partial charge in [0.15, 0.2) is 0 Å². The van der Waals surface area contributed by atoms with Gasteiger partial charge in [0, 0.05) is 19.2 Å². The summed E-state index contributed by atoms with van der Waals surface area (Å²) in [5.74, 6) is -0.148. The van der Waals surface area contributed by atoms with Crippen LogP contribution in [0.25, 0.3) is 0 Å². The Morgan fingerprint density at radius 1 is 1.39 bits per heavy atom. The smallest absolute Gasteiger partial charge is 0.126 e. The number of hydrogen-bond acceptors (Lipinski definition) is 2. The van der Waals surface area contributed by atoms with Crippen LogP contribution in [0.4, 0.5) is 4.39 Å². The molecule has 0 radical (unpaired) electrons. The molecule has 3 heteroatoms. The Labute approximate surface area is 110 Å². The summed E-state index contributed by atoms with van der Waals surface area (Å²) in [6.45, 7) is 11.3. The van der Waals surface area contributed by atoms with E-state index < -0.39 is 0 Å². The minimum absolute atomic E-state index is 0.111. The third kappa shape index (κ3) is 4.39. The Kier molecular flexibility index (Phi) is 5.29. The van der Waals surface area contributed by atoms with Crippen molar-refractivity contribution in [2.24, 2.45) is 0 Å². The van der Waals surface area contributed by atoms with E-state index in [4.69, 9.17) is 4.74 Å². The molecule has 1 aromatic rings. The minimum Gasteiger partial charge on any atom is -0.375 e. The Hall–Kier alpha value is -0.930. The monoisotopic (exact) mass is 253 g/mol. The molecule has 102 valence electrons. The van der Waals surface area contributed by atoms with Crippen LogP contribution in [-0.4, -0.2) is 18.8 Å². The predicted octanol–water partition coefficient (Wildman–Crippen LogP) is 3.60. The van der Waals surface area contributed by atoms with Gasteiger partial charge >= 0.3 is 0 Å². The summed E-state index contributed by atoms with van der Waals surface area (Å²) in [6.07, 6.45) is 0. The van der Waals surface area contributed by atoms with Crippen molar-refractivity contribution in [1.82, 2.24) is 5.32 Å². The van der Waals surface area contributed by atoms with E-state index in [0.717, 1.165) is 12.1 Å². The lowest BCUT2D eigenvalue weighted by Crippen LogP contribution is -2.38. The summed E-state index contributed by atoms with van der Waals surface area (Å²) >= 11 is 0. The first kappa shape index (κ1) is 15.1. The molecule has 0 aliphatic carbocycles. The van der Waals surface area contributed by atoms with E-state index in [-0.39, 0.29) is 17.5 Å². The van der Waals surface area contributed by atoms with E-state index in [2.05, 4.69) is 5.32 Å². The molecule has 0 amide bonds. The van der Waals surface area contributed by atoms with Gasteiger partial charge in [-0.15, -0.1) is 0 Å². The highest BCUT2D eigenvalue weighted by molar-refractivity contribution is 5.25. The van der Waals surface area contributed by atoms with Crippen molar-refractivity contribution in [3.05, 3.63) is 35.1 Å². The molecule has 0 saturated heterocycles. The van der Waals surface area contributed by atoms with Crippen molar-refractivity contribution in [3.8, 4) is 0 Å². The zero-order valence-electron chi connectivity index (χ0n) is 12.0. The van der Waals surface area contributed by atoms with Gasteiger partial charge in [0.25, 0.3) is 0 Å². The van der Waals surface area contributed by atoms with Gasteiger partial charge in [-0.1, -0.05) is 12.1 Å². The molecular weight excluding hydrogens is 229 g/mol. The fraction of sp³-hybridized carbons (Fsp3) is 0.600. The van der Waals surface area contributed by atoms with Gasteiger partial charge in [-0.2, -0.15) is 0 Å². The zero-order chi connectivity index (χ0) is 13.8. The molecule has 0 aliphatic rings. The highest BCUT2D eigenvalue weighted by Crippen LogP contribution is 2.17. The van der Waals surface area contributed by atoms with E-state index in [0.29, 0.717) is 12.2 Å². The molecule has 18 heavy (non-hydrogen) atoms. The Morgan fingerprint density at radius 3 is 2.61 bits per heavy atom. The molecule has 0 aromatic heterocycles. The maximum Gasteiger partial charge on any atom is 0.126 e. The minimum atomic E-state index is -0.202. The van der Waals surface area contributed by atoms with E-state index in [1.165, 1.54) is 0 Å². The number of aryl methyl sites for hydroxylation is 1. The maximum absolute atomic E-state index is 13.5. The van der Waals surface area contributed by atoms with Crippen molar-refractivity contribution in [1.29, 1.82) is 0 Å².